The van der Waals surface area contributed by atoms with Gasteiger partial charge in [-0.05, 0) is 5.92 Å². The number of Topliss-reactive ketones (excluding diaryl/α,β-unsaturated/α-hetero) is 1. The van der Waals surface area contributed by atoms with E-state index in [2.05, 4.69) is 5.32 Å². The Morgan fingerprint density at radius 2 is 1.19 bits per heavy atom. The molecule has 0 bridgehead atoms. The van der Waals surface area contributed by atoms with Gasteiger partial charge < -0.3 is 24.3 Å². The molecule has 7 heteroatoms. The first-order chi connectivity index (χ1) is 12.4. The van der Waals surface area contributed by atoms with Crippen molar-refractivity contribution >= 4 is 11.7 Å². The molecular weight excluding hydrogens is 338 g/mol. The van der Waals surface area contributed by atoms with Crippen molar-refractivity contribution in [3.05, 3.63) is 0 Å². The topological polar surface area (TPSA) is 83.1 Å². The van der Waals surface area contributed by atoms with Crippen LogP contribution >= 0.6 is 0 Å². The van der Waals surface area contributed by atoms with Gasteiger partial charge in [-0.15, -0.1) is 0 Å². The smallest absolute Gasteiger partial charge is 0.220 e. The number of ether oxygens (including phenoxy) is 4. The van der Waals surface area contributed by atoms with E-state index in [4.69, 9.17) is 18.9 Å². The van der Waals surface area contributed by atoms with Crippen LogP contribution < -0.4 is 5.32 Å². The molecule has 0 aromatic carbocycles. The van der Waals surface area contributed by atoms with Crippen molar-refractivity contribution in [2.45, 2.75) is 40.5 Å². The minimum absolute atomic E-state index is 0.0625. The summed E-state index contributed by atoms with van der Waals surface area (Å²) in [7, 11) is 0. The first-order valence-electron chi connectivity index (χ1n) is 9.53. The van der Waals surface area contributed by atoms with Crippen LogP contribution in [0.2, 0.25) is 0 Å². The Morgan fingerprint density at radius 3 is 1.65 bits per heavy atom. The molecule has 26 heavy (non-hydrogen) atoms. The van der Waals surface area contributed by atoms with E-state index in [1.165, 1.54) is 0 Å². The van der Waals surface area contributed by atoms with Gasteiger partial charge in [0.05, 0.1) is 52.9 Å². The van der Waals surface area contributed by atoms with Crippen LogP contribution in [0, 0.1) is 11.8 Å². The lowest BCUT2D eigenvalue weighted by atomic mass is 10.1. The lowest BCUT2D eigenvalue weighted by Crippen LogP contribution is -2.28. The molecule has 7 nitrogen and oxygen atoms in total. The highest BCUT2D eigenvalue weighted by Gasteiger charge is 2.06. The number of nitrogens with one attached hydrogen (secondary N) is 1. The average Bonchev–Trinajstić information content (AvgIpc) is 2.57. The Labute approximate surface area is 158 Å². The van der Waals surface area contributed by atoms with Crippen molar-refractivity contribution in [1.29, 1.82) is 0 Å². The monoisotopic (exact) mass is 375 g/mol. The molecule has 0 saturated carbocycles. The number of hydrogen-bond acceptors (Lipinski definition) is 6. The molecule has 0 aliphatic rings. The highest BCUT2D eigenvalue weighted by atomic mass is 16.6. The third-order valence-electron chi connectivity index (χ3n) is 3.41. The van der Waals surface area contributed by atoms with E-state index < -0.39 is 0 Å². The predicted molar refractivity (Wildman–Crippen MR) is 100 cm³/mol. The SMILES string of the molecule is CC(C)CC(=O)NCCOCCOCCOCCOCCC(=O)C(C)C. The van der Waals surface area contributed by atoms with E-state index in [-0.39, 0.29) is 17.6 Å². The number of ketones is 1. The number of carbonyl (C=O) groups is 2. The van der Waals surface area contributed by atoms with Crippen LogP contribution in [0.5, 0.6) is 0 Å². The summed E-state index contributed by atoms with van der Waals surface area (Å²) < 4.78 is 21.5. The summed E-state index contributed by atoms with van der Waals surface area (Å²) in [5.41, 5.74) is 0. The minimum Gasteiger partial charge on any atom is -0.379 e. The van der Waals surface area contributed by atoms with Gasteiger partial charge >= 0.3 is 0 Å². The maximum absolute atomic E-state index is 11.4. The Balaban J connectivity index is 3.16. The Hall–Kier alpha value is -1.02. The van der Waals surface area contributed by atoms with Crippen LogP contribution in [-0.2, 0) is 28.5 Å². The van der Waals surface area contributed by atoms with E-state index in [1.807, 2.05) is 27.7 Å². The standard InChI is InChI=1S/C19H37NO6/c1-16(2)15-19(22)20-6-8-24-10-12-26-14-13-25-11-9-23-7-5-18(21)17(3)4/h16-17H,5-15H2,1-4H3,(H,20,22). The van der Waals surface area contributed by atoms with Gasteiger partial charge in [-0.25, -0.2) is 0 Å². The van der Waals surface area contributed by atoms with E-state index in [9.17, 15) is 9.59 Å². The van der Waals surface area contributed by atoms with E-state index in [1.54, 1.807) is 0 Å². The molecule has 0 heterocycles. The summed E-state index contributed by atoms with van der Waals surface area (Å²) in [6.45, 7) is 12.2. The summed E-state index contributed by atoms with van der Waals surface area (Å²) in [6.07, 6.45) is 1.01. The maximum atomic E-state index is 11.4. The average molecular weight is 376 g/mol. The molecule has 1 N–H and O–H groups in total. The second-order valence-corrected chi connectivity index (χ2v) is 6.77. The van der Waals surface area contributed by atoms with E-state index in [0.29, 0.717) is 78.2 Å². The van der Waals surface area contributed by atoms with Crippen LogP contribution in [0.1, 0.15) is 40.5 Å². The lowest BCUT2D eigenvalue weighted by Gasteiger charge is -2.09. The van der Waals surface area contributed by atoms with Crippen molar-refractivity contribution < 1.29 is 28.5 Å². The molecule has 0 spiro atoms. The van der Waals surface area contributed by atoms with Gasteiger partial charge in [-0.2, -0.15) is 0 Å². The van der Waals surface area contributed by atoms with Crippen LogP contribution in [-0.4, -0.2) is 71.1 Å². The molecule has 0 fully saturated rings. The first kappa shape index (κ1) is 25.0. The molecule has 0 unspecified atom stereocenters. The van der Waals surface area contributed by atoms with Gasteiger partial charge in [0.15, 0.2) is 0 Å². The zero-order chi connectivity index (χ0) is 19.6. The molecular formula is C19H37NO6. The third-order valence-corrected chi connectivity index (χ3v) is 3.41. The molecule has 0 aliphatic carbocycles. The zero-order valence-electron chi connectivity index (χ0n) is 16.9. The molecule has 0 atom stereocenters. The van der Waals surface area contributed by atoms with Gasteiger partial charge in [-0.3, -0.25) is 9.59 Å². The summed E-state index contributed by atoms with van der Waals surface area (Å²) >= 11 is 0. The summed E-state index contributed by atoms with van der Waals surface area (Å²) in [5.74, 6) is 0.721. The Bertz CT molecular complexity index is 360. The molecule has 0 aliphatic heterocycles. The number of carbonyl (C=O) groups excluding carboxylic acids is 2. The highest BCUT2D eigenvalue weighted by molar-refractivity contribution is 5.80. The van der Waals surface area contributed by atoms with E-state index in [0.717, 1.165) is 0 Å². The largest absolute Gasteiger partial charge is 0.379 e. The lowest BCUT2D eigenvalue weighted by molar-refractivity contribution is -0.123. The normalized spacial score (nSPS) is 11.3. The number of hydrogen-bond donors (Lipinski definition) is 1. The van der Waals surface area contributed by atoms with Crippen molar-refractivity contribution in [3.63, 3.8) is 0 Å². The van der Waals surface area contributed by atoms with Crippen molar-refractivity contribution in [1.82, 2.24) is 5.32 Å². The second kappa shape index (κ2) is 17.4. The van der Waals surface area contributed by atoms with Gasteiger partial charge in [0.25, 0.3) is 0 Å². The van der Waals surface area contributed by atoms with Crippen LogP contribution in [0.4, 0.5) is 0 Å². The van der Waals surface area contributed by atoms with Crippen molar-refractivity contribution in [2.75, 3.05) is 59.4 Å². The second-order valence-electron chi connectivity index (χ2n) is 6.77. The van der Waals surface area contributed by atoms with Crippen LogP contribution in [0.25, 0.3) is 0 Å². The summed E-state index contributed by atoms with van der Waals surface area (Å²) in [5, 5.41) is 2.81. The predicted octanol–water partition coefficient (Wildman–Crippen LogP) is 1.83. The van der Waals surface area contributed by atoms with Crippen LogP contribution in [0.3, 0.4) is 0 Å². The van der Waals surface area contributed by atoms with Crippen LogP contribution in [0.15, 0.2) is 0 Å². The summed E-state index contributed by atoms with van der Waals surface area (Å²) in [6, 6.07) is 0. The number of rotatable bonds is 18. The molecule has 154 valence electrons. The fraction of sp³-hybridized carbons (Fsp3) is 0.895. The van der Waals surface area contributed by atoms with Gasteiger partial charge in [0, 0.05) is 25.3 Å². The Kier molecular flexibility index (Phi) is 16.7. The molecule has 0 radical (unpaired) electrons. The van der Waals surface area contributed by atoms with Crippen molar-refractivity contribution in [2.24, 2.45) is 11.8 Å². The summed E-state index contributed by atoms with van der Waals surface area (Å²) in [4.78, 5) is 22.8. The zero-order valence-corrected chi connectivity index (χ0v) is 16.9. The highest BCUT2D eigenvalue weighted by Crippen LogP contribution is 1.98. The maximum Gasteiger partial charge on any atom is 0.220 e. The van der Waals surface area contributed by atoms with Gasteiger partial charge in [0.1, 0.15) is 5.78 Å². The molecule has 0 aromatic rings. The molecule has 0 rings (SSSR count). The quantitative estimate of drug-likeness (QED) is 0.368. The van der Waals surface area contributed by atoms with Crippen molar-refractivity contribution in [3.8, 4) is 0 Å². The fourth-order valence-electron chi connectivity index (χ4n) is 1.93. The fourth-order valence-corrected chi connectivity index (χ4v) is 1.93. The minimum atomic E-state index is 0.0625. The first-order valence-corrected chi connectivity index (χ1v) is 9.53. The Morgan fingerprint density at radius 1 is 0.731 bits per heavy atom. The van der Waals surface area contributed by atoms with Gasteiger partial charge in [0.2, 0.25) is 5.91 Å². The molecule has 0 saturated heterocycles. The molecule has 0 aromatic heterocycles. The van der Waals surface area contributed by atoms with Gasteiger partial charge in [-0.1, -0.05) is 27.7 Å². The number of amides is 1. The van der Waals surface area contributed by atoms with E-state index >= 15 is 0 Å². The third kappa shape index (κ3) is 17.8. The molecule has 1 amide bonds.